The number of carbonyl (C=O) groups is 2. The molecule has 1 rings (SSSR count). The van der Waals surface area contributed by atoms with Gasteiger partial charge >= 0.3 is 5.97 Å². The Morgan fingerprint density at radius 2 is 1.90 bits per heavy atom. The largest absolute Gasteiger partial charge is 0.468 e. The standard InChI is InChI=1S/C15H21NO4/c1-19-15(18)14(16)13(17)9-5-6-10-20-11-12-7-3-2-4-8-12/h2-4,7-8,14H,5-6,9-11,16H2,1H3. The van der Waals surface area contributed by atoms with Gasteiger partial charge < -0.3 is 15.2 Å². The van der Waals surface area contributed by atoms with Gasteiger partial charge in [0.05, 0.1) is 13.7 Å². The zero-order chi connectivity index (χ0) is 14.8. The molecule has 1 aromatic rings. The fourth-order valence-electron chi connectivity index (χ4n) is 1.68. The quantitative estimate of drug-likeness (QED) is 0.420. The number of ketones is 1. The zero-order valence-corrected chi connectivity index (χ0v) is 11.7. The Morgan fingerprint density at radius 1 is 1.20 bits per heavy atom. The molecule has 0 aromatic heterocycles. The number of ether oxygens (including phenoxy) is 2. The lowest BCUT2D eigenvalue weighted by atomic mass is 10.1. The summed E-state index contributed by atoms with van der Waals surface area (Å²) in [5, 5.41) is 0. The van der Waals surface area contributed by atoms with Gasteiger partial charge in [0.25, 0.3) is 0 Å². The van der Waals surface area contributed by atoms with Crippen LogP contribution in [0.25, 0.3) is 0 Å². The molecule has 0 bridgehead atoms. The Balaban J connectivity index is 2.07. The third-order valence-corrected chi connectivity index (χ3v) is 2.88. The van der Waals surface area contributed by atoms with E-state index in [4.69, 9.17) is 10.5 Å². The number of rotatable bonds is 9. The van der Waals surface area contributed by atoms with Crippen molar-refractivity contribution in [3.8, 4) is 0 Å². The topological polar surface area (TPSA) is 78.6 Å². The van der Waals surface area contributed by atoms with Crippen molar-refractivity contribution in [2.75, 3.05) is 13.7 Å². The van der Waals surface area contributed by atoms with Crippen LogP contribution in [0.1, 0.15) is 24.8 Å². The third kappa shape index (κ3) is 5.95. The summed E-state index contributed by atoms with van der Waals surface area (Å²) in [5.74, 6) is -0.977. The summed E-state index contributed by atoms with van der Waals surface area (Å²) in [6, 6.07) is 8.72. The van der Waals surface area contributed by atoms with Crippen molar-refractivity contribution in [2.24, 2.45) is 5.73 Å². The van der Waals surface area contributed by atoms with Crippen LogP contribution in [0, 0.1) is 0 Å². The molecule has 0 radical (unpaired) electrons. The van der Waals surface area contributed by atoms with E-state index in [9.17, 15) is 9.59 Å². The number of benzene rings is 1. The van der Waals surface area contributed by atoms with Crippen LogP contribution in [0.2, 0.25) is 0 Å². The second-order valence-electron chi connectivity index (χ2n) is 4.46. The van der Waals surface area contributed by atoms with Crippen molar-refractivity contribution in [1.29, 1.82) is 0 Å². The van der Waals surface area contributed by atoms with E-state index in [-0.39, 0.29) is 12.2 Å². The molecular weight excluding hydrogens is 258 g/mol. The molecule has 0 aliphatic carbocycles. The molecule has 5 heteroatoms. The summed E-state index contributed by atoms with van der Waals surface area (Å²) < 4.78 is 9.91. The van der Waals surface area contributed by atoms with E-state index in [2.05, 4.69) is 4.74 Å². The van der Waals surface area contributed by atoms with E-state index in [1.807, 2.05) is 30.3 Å². The number of nitrogens with two attached hydrogens (primary N) is 1. The normalized spacial score (nSPS) is 11.9. The van der Waals surface area contributed by atoms with Crippen LogP contribution in [0.5, 0.6) is 0 Å². The number of methoxy groups -OCH3 is 1. The summed E-state index contributed by atoms with van der Waals surface area (Å²) in [5.41, 5.74) is 6.55. The maximum absolute atomic E-state index is 11.5. The monoisotopic (exact) mass is 279 g/mol. The Bertz CT molecular complexity index is 419. The number of esters is 1. The fraction of sp³-hybridized carbons (Fsp3) is 0.467. The molecular formula is C15H21NO4. The van der Waals surface area contributed by atoms with Gasteiger partial charge in [-0.2, -0.15) is 0 Å². The molecule has 0 saturated heterocycles. The number of Topliss-reactive ketones (excluding diaryl/α,β-unsaturated/α-hetero) is 1. The smallest absolute Gasteiger partial charge is 0.330 e. The molecule has 0 spiro atoms. The van der Waals surface area contributed by atoms with Crippen molar-refractivity contribution in [3.63, 3.8) is 0 Å². The molecule has 1 atom stereocenters. The zero-order valence-electron chi connectivity index (χ0n) is 11.7. The van der Waals surface area contributed by atoms with Crippen molar-refractivity contribution in [2.45, 2.75) is 31.9 Å². The first-order valence-corrected chi connectivity index (χ1v) is 6.63. The summed E-state index contributed by atoms with van der Waals surface area (Å²) in [4.78, 5) is 22.6. The van der Waals surface area contributed by atoms with Crippen LogP contribution in [0.4, 0.5) is 0 Å². The van der Waals surface area contributed by atoms with Gasteiger partial charge in [0.2, 0.25) is 0 Å². The summed E-state index contributed by atoms with van der Waals surface area (Å²) >= 11 is 0. The highest BCUT2D eigenvalue weighted by molar-refractivity contribution is 6.02. The highest BCUT2D eigenvalue weighted by Gasteiger charge is 2.21. The maximum atomic E-state index is 11.5. The van der Waals surface area contributed by atoms with Crippen molar-refractivity contribution >= 4 is 11.8 Å². The Morgan fingerprint density at radius 3 is 2.55 bits per heavy atom. The molecule has 1 unspecified atom stereocenters. The van der Waals surface area contributed by atoms with Gasteiger partial charge in [-0.05, 0) is 18.4 Å². The van der Waals surface area contributed by atoms with Gasteiger partial charge in [0, 0.05) is 13.0 Å². The second kappa shape index (κ2) is 9.23. The average molecular weight is 279 g/mol. The molecule has 0 saturated carbocycles. The lowest BCUT2D eigenvalue weighted by Crippen LogP contribution is -2.39. The molecule has 1 aromatic carbocycles. The molecule has 0 amide bonds. The predicted molar refractivity (Wildman–Crippen MR) is 74.9 cm³/mol. The fourth-order valence-corrected chi connectivity index (χ4v) is 1.68. The third-order valence-electron chi connectivity index (χ3n) is 2.88. The van der Waals surface area contributed by atoms with E-state index in [1.54, 1.807) is 0 Å². The minimum absolute atomic E-state index is 0.269. The molecule has 0 aliphatic heterocycles. The minimum Gasteiger partial charge on any atom is -0.468 e. The maximum Gasteiger partial charge on any atom is 0.330 e. The molecule has 5 nitrogen and oxygen atoms in total. The van der Waals surface area contributed by atoms with Crippen LogP contribution in [-0.2, 0) is 25.7 Å². The second-order valence-corrected chi connectivity index (χ2v) is 4.46. The number of carbonyl (C=O) groups excluding carboxylic acids is 2. The molecule has 0 fully saturated rings. The average Bonchev–Trinajstić information content (AvgIpc) is 2.49. The summed E-state index contributed by atoms with van der Waals surface area (Å²) in [6.07, 6.45) is 1.68. The highest BCUT2D eigenvalue weighted by Crippen LogP contribution is 2.04. The SMILES string of the molecule is COC(=O)C(N)C(=O)CCCCOCc1ccccc1. The van der Waals surface area contributed by atoms with Gasteiger partial charge in [-0.3, -0.25) is 4.79 Å². The van der Waals surface area contributed by atoms with Gasteiger partial charge in [-0.1, -0.05) is 30.3 Å². The first-order chi connectivity index (χ1) is 9.65. The van der Waals surface area contributed by atoms with Crippen LogP contribution in [-0.4, -0.2) is 31.5 Å². The predicted octanol–water partition coefficient (Wildman–Crippen LogP) is 1.44. The van der Waals surface area contributed by atoms with Crippen LogP contribution in [0.15, 0.2) is 30.3 Å². The molecule has 110 valence electrons. The van der Waals surface area contributed by atoms with Gasteiger partial charge in [0.15, 0.2) is 11.8 Å². The first-order valence-electron chi connectivity index (χ1n) is 6.63. The van der Waals surface area contributed by atoms with E-state index in [0.29, 0.717) is 19.6 Å². The molecule has 0 aliphatic rings. The number of hydrogen-bond donors (Lipinski definition) is 1. The van der Waals surface area contributed by atoms with Crippen LogP contribution < -0.4 is 5.73 Å². The lowest BCUT2D eigenvalue weighted by Gasteiger charge is -2.08. The van der Waals surface area contributed by atoms with Crippen molar-refractivity contribution < 1.29 is 19.1 Å². The van der Waals surface area contributed by atoms with Crippen LogP contribution >= 0.6 is 0 Å². The van der Waals surface area contributed by atoms with Gasteiger partial charge in [0.1, 0.15) is 0 Å². The minimum atomic E-state index is -1.16. The van der Waals surface area contributed by atoms with E-state index >= 15 is 0 Å². The summed E-state index contributed by atoms with van der Waals surface area (Å²) in [6.45, 7) is 1.14. The van der Waals surface area contributed by atoms with Crippen LogP contribution in [0.3, 0.4) is 0 Å². The van der Waals surface area contributed by atoms with E-state index in [1.165, 1.54) is 7.11 Å². The molecule has 0 heterocycles. The van der Waals surface area contributed by atoms with E-state index < -0.39 is 12.0 Å². The highest BCUT2D eigenvalue weighted by atomic mass is 16.5. The first kappa shape index (κ1) is 16.3. The Labute approximate surface area is 119 Å². The van der Waals surface area contributed by atoms with Crippen molar-refractivity contribution in [3.05, 3.63) is 35.9 Å². The van der Waals surface area contributed by atoms with Gasteiger partial charge in [-0.25, -0.2) is 4.79 Å². The van der Waals surface area contributed by atoms with Gasteiger partial charge in [-0.15, -0.1) is 0 Å². The number of unbranched alkanes of at least 4 members (excludes halogenated alkanes) is 1. The Kier molecular flexibility index (Phi) is 7.54. The molecule has 2 N–H and O–H groups in total. The molecule has 20 heavy (non-hydrogen) atoms. The van der Waals surface area contributed by atoms with E-state index in [0.717, 1.165) is 12.0 Å². The number of hydrogen-bond acceptors (Lipinski definition) is 5. The lowest BCUT2D eigenvalue weighted by molar-refractivity contribution is -0.145. The Hall–Kier alpha value is -1.72. The van der Waals surface area contributed by atoms with Crippen molar-refractivity contribution in [1.82, 2.24) is 0 Å². The summed E-state index contributed by atoms with van der Waals surface area (Å²) in [7, 11) is 1.22.